The fraction of sp³-hybridized carbons (Fsp3) is 0.0714. The number of benzene rings is 1. The Hall–Kier alpha value is -2.69. The zero-order chi connectivity index (χ0) is 13.2. The fourth-order valence-electron chi connectivity index (χ4n) is 2.15. The van der Waals surface area contributed by atoms with Crippen LogP contribution in [0.25, 0.3) is 11.0 Å². The van der Waals surface area contributed by atoms with Gasteiger partial charge in [0.05, 0.1) is 16.6 Å². The predicted octanol–water partition coefficient (Wildman–Crippen LogP) is 2.99. The molecule has 0 aliphatic heterocycles. The topological polar surface area (TPSA) is 61.0 Å². The van der Waals surface area contributed by atoms with Crippen LogP contribution in [0.5, 0.6) is 0 Å². The van der Waals surface area contributed by atoms with Crippen LogP contribution in [0.15, 0.2) is 54.9 Å². The first-order chi connectivity index (χ1) is 9.25. The van der Waals surface area contributed by atoms with Crippen molar-refractivity contribution in [3.8, 4) is 0 Å². The van der Waals surface area contributed by atoms with Crippen LogP contribution < -0.4 is 0 Å². The Morgan fingerprint density at radius 1 is 1.16 bits per heavy atom. The first-order valence-electron chi connectivity index (χ1n) is 5.88. The molecule has 0 saturated heterocycles. The molecule has 0 aliphatic rings. The van der Waals surface area contributed by atoms with Gasteiger partial charge in [0.15, 0.2) is 5.52 Å². The van der Waals surface area contributed by atoms with Crippen molar-refractivity contribution in [1.29, 1.82) is 0 Å². The number of nitro groups is 1. The van der Waals surface area contributed by atoms with E-state index in [0.717, 1.165) is 11.1 Å². The Labute approximate surface area is 109 Å². The summed E-state index contributed by atoms with van der Waals surface area (Å²) in [6, 6.07) is 13.5. The minimum absolute atomic E-state index is 0.0477. The third-order valence-electron chi connectivity index (χ3n) is 3.01. The van der Waals surface area contributed by atoms with E-state index in [9.17, 15) is 10.1 Å². The van der Waals surface area contributed by atoms with Gasteiger partial charge < -0.3 is 4.57 Å². The number of aromatic nitrogens is 2. The average molecular weight is 253 g/mol. The number of pyridine rings is 1. The van der Waals surface area contributed by atoms with E-state index in [1.807, 2.05) is 41.0 Å². The Bertz CT molecular complexity index is 735. The van der Waals surface area contributed by atoms with E-state index in [-0.39, 0.29) is 5.69 Å². The molecule has 0 atom stereocenters. The van der Waals surface area contributed by atoms with Gasteiger partial charge in [0.1, 0.15) is 0 Å². The highest BCUT2D eigenvalue weighted by atomic mass is 16.6. The number of rotatable bonds is 3. The molecular weight excluding hydrogens is 242 g/mol. The Morgan fingerprint density at radius 3 is 2.68 bits per heavy atom. The van der Waals surface area contributed by atoms with Crippen LogP contribution in [-0.2, 0) is 6.54 Å². The van der Waals surface area contributed by atoms with Crippen LogP contribution >= 0.6 is 0 Å². The molecule has 2 aromatic heterocycles. The summed E-state index contributed by atoms with van der Waals surface area (Å²) >= 11 is 0. The summed E-state index contributed by atoms with van der Waals surface area (Å²) in [5.74, 6) is 0. The molecule has 94 valence electrons. The van der Waals surface area contributed by atoms with Crippen molar-refractivity contribution in [3.63, 3.8) is 0 Å². The quantitative estimate of drug-likeness (QED) is 0.532. The molecule has 0 aliphatic carbocycles. The van der Waals surface area contributed by atoms with Crippen LogP contribution in [0.1, 0.15) is 5.56 Å². The minimum Gasteiger partial charge on any atom is -0.335 e. The van der Waals surface area contributed by atoms with E-state index >= 15 is 0 Å². The van der Waals surface area contributed by atoms with E-state index in [4.69, 9.17) is 0 Å². The Morgan fingerprint density at radius 2 is 1.95 bits per heavy atom. The van der Waals surface area contributed by atoms with Gasteiger partial charge in [-0.05, 0) is 17.7 Å². The maximum absolute atomic E-state index is 11.0. The number of hydrogen-bond acceptors (Lipinski definition) is 3. The summed E-state index contributed by atoms with van der Waals surface area (Å²) in [4.78, 5) is 14.7. The largest absolute Gasteiger partial charge is 0.335 e. The molecule has 0 unspecified atom stereocenters. The minimum atomic E-state index is -0.392. The normalized spacial score (nSPS) is 10.7. The van der Waals surface area contributed by atoms with Gasteiger partial charge in [0.2, 0.25) is 0 Å². The van der Waals surface area contributed by atoms with Crippen LogP contribution in [0.3, 0.4) is 0 Å². The van der Waals surface area contributed by atoms with Crippen molar-refractivity contribution in [2.75, 3.05) is 0 Å². The van der Waals surface area contributed by atoms with Gasteiger partial charge in [-0.1, -0.05) is 30.3 Å². The van der Waals surface area contributed by atoms with E-state index in [1.165, 1.54) is 0 Å². The highest BCUT2D eigenvalue weighted by Gasteiger charge is 2.18. The molecule has 0 fully saturated rings. The first-order valence-corrected chi connectivity index (χ1v) is 5.88. The standard InChI is InChI=1S/C14H11N3O2/c18-17(19)13-10-16(9-11-5-2-1-3-6-11)12-7-4-8-15-14(12)13/h1-8,10H,9H2. The lowest BCUT2D eigenvalue weighted by Crippen LogP contribution is -1.97. The summed E-state index contributed by atoms with van der Waals surface area (Å²) in [7, 11) is 0. The predicted molar refractivity (Wildman–Crippen MR) is 71.9 cm³/mol. The van der Waals surface area contributed by atoms with Gasteiger partial charge in [-0.2, -0.15) is 0 Å². The van der Waals surface area contributed by atoms with Crippen LogP contribution in [0.2, 0.25) is 0 Å². The van der Waals surface area contributed by atoms with Crippen molar-refractivity contribution < 1.29 is 4.92 Å². The lowest BCUT2D eigenvalue weighted by Gasteiger charge is -2.03. The SMILES string of the molecule is O=[N+]([O-])c1cn(Cc2ccccc2)c2cccnc12. The van der Waals surface area contributed by atoms with Gasteiger partial charge >= 0.3 is 5.69 Å². The van der Waals surface area contributed by atoms with E-state index in [2.05, 4.69) is 4.98 Å². The second-order valence-electron chi connectivity index (χ2n) is 4.26. The maximum atomic E-state index is 11.0. The number of nitrogens with zero attached hydrogens (tertiary/aromatic N) is 3. The van der Waals surface area contributed by atoms with E-state index in [0.29, 0.717) is 12.1 Å². The molecule has 0 saturated carbocycles. The van der Waals surface area contributed by atoms with Gasteiger partial charge in [0.25, 0.3) is 0 Å². The summed E-state index contributed by atoms with van der Waals surface area (Å²) in [6.45, 7) is 0.594. The molecule has 2 heterocycles. The molecule has 3 aromatic rings. The number of fused-ring (bicyclic) bond motifs is 1. The monoisotopic (exact) mass is 253 g/mol. The third-order valence-corrected chi connectivity index (χ3v) is 3.01. The fourth-order valence-corrected chi connectivity index (χ4v) is 2.15. The summed E-state index contributed by atoms with van der Waals surface area (Å²) in [6.07, 6.45) is 3.12. The highest BCUT2D eigenvalue weighted by molar-refractivity contribution is 5.85. The van der Waals surface area contributed by atoms with Gasteiger partial charge in [-0.15, -0.1) is 0 Å². The molecule has 19 heavy (non-hydrogen) atoms. The number of hydrogen-bond donors (Lipinski definition) is 0. The zero-order valence-corrected chi connectivity index (χ0v) is 10.1. The second kappa shape index (κ2) is 4.53. The molecule has 0 radical (unpaired) electrons. The third kappa shape index (κ3) is 2.06. The lowest BCUT2D eigenvalue weighted by molar-refractivity contribution is -0.383. The Balaban J connectivity index is 2.11. The summed E-state index contributed by atoms with van der Waals surface area (Å²) in [5, 5.41) is 11.0. The van der Waals surface area contributed by atoms with Crippen molar-refractivity contribution >= 4 is 16.7 Å². The first kappa shape index (κ1) is 11.4. The second-order valence-corrected chi connectivity index (χ2v) is 4.26. The molecule has 1 aromatic carbocycles. The summed E-state index contributed by atoms with van der Waals surface area (Å²) < 4.78 is 1.86. The zero-order valence-electron chi connectivity index (χ0n) is 10.1. The van der Waals surface area contributed by atoms with Crippen LogP contribution in [0.4, 0.5) is 5.69 Å². The van der Waals surface area contributed by atoms with Crippen molar-refractivity contribution in [2.24, 2.45) is 0 Å². The van der Waals surface area contributed by atoms with Gasteiger partial charge in [-0.25, -0.2) is 4.98 Å². The molecule has 5 heteroatoms. The van der Waals surface area contributed by atoms with Crippen molar-refractivity contribution in [3.05, 3.63) is 70.5 Å². The lowest BCUT2D eigenvalue weighted by atomic mass is 10.2. The average Bonchev–Trinajstić information content (AvgIpc) is 2.79. The highest BCUT2D eigenvalue weighted by Crippen LogP contribution is 2.26. The van der Waals surface area contributed by atoms with E-state index in [1.54, 1.807) is 18.5 Å². The molecule has 3 rings (SSSR count). The molecule has 0 spiro atoms. The van der Waals surface area contributed by atoms with Gasteiger partial charge in [0, 0.05) is 12.7 Å². The molecular formula is C14H11N3O2. The smallest absolute Gasteiger partial charge is 0.312 e. The molecule has 0 amide bonds. The van der Waals surface area contributed by atoms with Gasteiger partial charge in [-0.3, -0.25) is 10.1 Å². The van der Waals surface area contributed by atoms with Crippen molar-refractivity contribution in [1.82, 2.24) is 9.55 Å². The van der Waals surface area contributed by atoms with Crippen LogP contribution in [-0.4, -0.2) is 14.5 Å². The van der Waals surface area contributed by atoms with E-state index < -0.39 is 4.92 Å². The van der Waals surface area contributed by atoms with Crippen LogP contribution in [0, 0.1) is 10.1 Å². The maximum Gasteiger partial charge on any atom is 0.312 e. The molecule has 5 nitrogen and oxygen atoms in total. The Kier molecular flexibility index (Phi) is 2.72. The van der Waals surface area contributed by atoms with Crippen molar-refractivity contribution in [2.45, 2.75) is 6.54 Å². The molecule has 0 bridgehead atoms. The molecule has 0 N–H and O–H groups in total. The summed E-state index contributed by atoms with van der Waals surface area (Å²) in [5.41, 5.74) is 2.35.